The Bertz CT molecular complexity index is 708. The molecule has 2 N–H and O–H groups in total. The zero-order valence-electron chi connectivity index (χ0n) is 12.2. The summed E-state index contributed by atoms with van der Waals surface area (Å²) >= 11 is 1.31. The molecule has 1 aromatic carbocycles. The maximum Gasteiger partial charge on any atom is 0.252 e. The highest BCUT2D eigenvalue weighted by atomic mass is 32.2. The van der Waals surface area contributed by atoms with Crippen molar-refractivity contribution in [1.29, 1.82) is 0 Å². The fourth-order valence-electron chi connectivity index (χ4n) is 2.11. The molecule has 0 unspecified atom stereocenters. The van der Waals surface area contributed by atoms with E-state index in [0.29, 0.717) is 23.0 Å². The van der Waals surface area contributed by atoms with E-state index < -0.39 is 10.0 Å². The fourth-order valence-corrected chi connectivity index (χ4v) is 5.06. The van der Waals surface area contributed by atoms with Crippen molar-refractivity contribution >= 4 is 27.0 Å². The van der Waals surface area contributed by atoms with Crippen molar-refractivity contribution in [3.05, 3.63) is 46.8 Å². The first-order valence-corrected chi connectivity index (χ1v) is 9.10. The van der Waals surface area contributed by atoms with Gasteiger partial charge in [0.2, 0.25) is 0 Å². The summed E-state index contributed by atoms with van der Waals surface area (Å²) < 4.78 is 27.4. The van der Waals surface area contributed by atoms with Crippen molar-refractivity contribution in [2.45, 2.75) is 31.0 Å². The molecule has 0 amide bonds. The lowest BCUT2D eigenvalue weighted by atomic mass is 10.2. The molecule has 2 aromatic rings. The number of benzene rings is 1. The first-order chi connectivity index (χ1) is 9.93. The van der Waals surface area contributed by atoms with Gasteiger partial charge in [-0.2, -0.15) is 4.31 Å². The second-order valence-corrected chi connectivity index (χ2v) is 8.40. The molecule has 114 valence electrons. The van der Waals surface area contributed by atoms with E-state index in [4.69, 9.17) is 5.73 Å². The Kier molecular flexibility index (Phi) is 5.03. The predicted octanol–water partition coefficient (Wildman–Crippen LogP) is 3.24. The van der Waals surface area contributed by atoms with Crippen LogP contribution in [0.15, 0.2) is 40.6 Å². The minimum Gasteiger partial charge on any atom is -0.399 e. The topological polar surface area (TPSA) is 63.4 Å². The molecule has 4 nitrogen and oxygen atoms in total. The summed E-state index contributed by atoms with van der Waals surface area (Å²) in [4.78, 5) is 0.994. The highest BCUT2D eigenvalue weighted by Crippen LogP contribution is 2.26. The van der Waals surface area contributed by atoms with Crippen LogP contribution in [-0.2, 0) is 16.6 Å². The highest BCUT2D eigenvalue weighted by molar-refractivity contribution is 7.91. The molecular formula is C15H20N2O2S2. The number of hydrogen-bond donors (Lipinski definition) is 1. The van der Waals surface area contributed by atoms with Crippen LogP contribution in [0.2, 0.25) is 0 Å². The number of aryl methyl sites for hydroxylation is 1. The summed E-state index contributed by atoms with van der Waals surface area (Å²) in [5.74, 6) is 0. The van der Waals surface area contributed by atoms with E-state index in [2.05, 4.69) is 0 Å². The van der Waals surface area contributed by atoms with Crippen molar-refractivity contribution < 1.29 is 8.42 Å². The van der Waals surface area contributed by atoms with E-state index in [-0.39, 0.29) is 0 Å². The third kappa shape index (κ3) is 3.84. The zero-order chi connectivity index (χ0) is 15.5. The van der Waals surface area contributed by atoms with Crippen molar-refractivity contribution in [3.63, 3.8) is 0 Å². The SMILES string of the molecule is CCCN(Cc1cccc(N)c1)S(=O)(=O)c1ccc(C)s1. The summed E-state index contributed by atoms with van der Waals surface area (Å²) in [5.41, 5.74) is 7.32. The van der Waals surface area contributed by atoms with Gasteiger partial charge in [-0.1, -0.05) is 19.1 Å². The van der Waals surface area contributed by atoms with E-state index in [1.165, 1.54) is 15.6 Å². The van der Waals surface area contributed by atoms with Crippen LogP contribution in [0.5, 0.6) is 0 Å². The molecule has 0 fully saturated rings. The molecule has 1 heterocycles. The molecule has 0 radical (unpaired) electrons. The Balaban J connectivity index is 2.30. The lowest BCUT2D eigenvalue weighted by Gasteiger charge is -2.21. The smallest absolute Gasteiger partial charge is 0.252 e. The van der Waals surface area contributed by atoms with Crippen molar-refractivity contribution in [1.82, 2.24) is 4.31 Å². The summed E-state index contributed by atoms with van der Waals surface area (Å²) in [6, 6.07) is 10.9. The predicted molar refractivity (Wildman–Crippen MR) is 87.8 cm³/mol. The van der Waals surface area contributed by atoms with Crippen LogP contribution >= 0.6 is 11.3 Å². The zero-order valence-corrected chi connectivity index (χ0v) is 13.9. The quantitative estimate of drug-likeness (QED) is 0.830. The van der Waals surface area contributed by atoms with Gasteiger partial charge >= 0.3 is 0 Å². The van der Waals surface area contributed by atoms with Crippen molar-refractivity contribution in [2.24, 2.45) is 0 Å². The summed E-state index contributed by atoms with van der Waals surface area (Å²) in [5, 5.41) is 0. The van der Waals surface area contributed by atoms with Gasteiger partial charge in [0.05, 0.1) is 0 Å². The number of rotatable bonds is 6. The van der Waals surface area contributed by atoms with Gasteiger partial charge in [-0.25, -0.2) is 8.42 Å². The van der Waals surface area contributed by atoms with Gasteiger partial charge in [0.15, 0.2) is 0 Å². The van der Waals surface area contributed by atoms with Crippen LogP contribution < -0.4 is 5.73 Å². The van der Waals surface area contributed by atoms with Crippen molar-refractivity contribution in [3.8, 4) is 0 Å². The highest BCUT2D eigenvalue weighted by Gasteiger charge is 2.25. The van der Waals surface area contributed by atoms with Gasteiger partial charge < -0.3 is 5.73 Å². The van der Waals surface area contributed by atoms with Crippen LogP contribution in [0.1, 0.15) is 23.8 Å². The number of thiophene rings is 1. The molecule has 0 saturated heterocycles. The van der Waals surface area contributed by atoms with E-state index in [1.54, 1.807) is 12.1 Å². The molecular weight excluding hydrogens is 304 g/mol. The first kappa shape index (κ1) is 16.0. The maximum absolute atomic E-state index is 12.7. The number of nitrogens with zero attached hydrogens (tertiary/aromatic N) is 1. The standard InChI is InChI=1S/C15H20N2O2S2/c1-3-9-17(11-13-5-4-6-14(16)10-13)21(18,19)15-8-7-12(2)20-15/h4-8,10H,3,9,11,16H2,1-2H3. The second-order valence-electron chi connectivity index (χ2n) is 4.95. The lowest BCUT2D eigenvalue weighted by molar-refractivity contribution is 0.407. The van der Waals surface area contributed by atoms with Gasteiger partial charge in [0.1, 0.15) is 4.21 Å². The molecule has 0 bridgehead atoms. The minimum absolute atomic E-state index is 0.345. The number of nitrogen functional groups attached to an aromatic ring is 1. The van der Waals surface area contributed by atoms with Gasteiger partial charge in [-0.3, -0.25) is 0 Å². The Morgan fingerprint density at radius 1 is 1.24 bits per heavy atom. The van der Waals surface area contributed by atoms with Gasteiger partial charge in [0.25, 0.3) is 10.0 Å². The Labute approximate surface area is 130 Å². The Morgan fingerprint density at radius 2 is 2.00 bits per heavy atom. The fraction of sp³-hybridized carbons (Fsp3) is 0.333. The normalized spacial score (nSPS) is 12.0. The molecule has 6 heteroatoms. The van der Waals surface area contributed by atoms with Crippen LogP contribution in [0.4, 0.5) is 5.69 Å². The van der Waals surface area contributed by atoms with Gasteiger partial charge in [-0.05, 0) is 43.2 Å². The molecule has 0 aliphatic heterocycles. The first-order valence-electron chi connectivity index (χ1n) is 6.84. The van der Waals surface area contributed by atoms with Crippen LogP contribution in [0.25, 0.3) is 0 Å². The summed E-state index contributed by atoms with van der Waals surface area (Å²) in [6.07, 6.45) is 0.770. The van der Waals surface area contributed by atoms with Gasteiger partial charge in [-0.15, -0.1) is 11.3 Å². The van der Waals surface area contributed by atoms with Crippen LogP contribution in [0.3, 0.4) is 0 Å². The second kappa shape index (κ2) is 6.60. The van der Waals surface area contributed by atoms with Crippen LogP contribution in [0, 0.1) is 6.92 Å². The summed E-state index contributed by atoms with van der Waals surface area (Å²) in [7, 11) is -3.44. The molecule has 0 atom stereocenters. The number of nitrogens with two attached hydrogens (primary N) is 1. The van der Waals surface area contributed by atoms with E-state index in [1.807, 2.05) is 38.1 Å². The molecule has 0 saturated carbocycles. The average molecular weight is 324 g/mol. The molecule has 0 aliphatic rings. The third-order valence-corrected chi connectivity index (χ3v) is 6.41. The number of anilines is 1. The van der Waals surface area contributed by atoms with E-state index in [9.17, 15) is 8.42 Å². The minimum atomic E-state index is -3.44. The summed E-state index contributed by atoms with van der Waals surface area (Å²) in [6.45, 7) is 4.72. The monoisotopic (exact) mass is 324 g/mol. The Morgan fingerprint density at radius 3 is 2.57 bits per heavy atom. The average Bonchev–Trinajstić information content (AvgIpc) is 2.86. The Hall–Kier alpha value is -1.37. The van der Waals surface area contributed by atoms with E-state index >= 15 is 0 Å². The maximum atomic E-state index is 12.7. The largest absolute Gasteiger partial charge is 0.399 e. The number of sulfonamides is 1. The van der Waals surface area contributed by atoms with Crippen molar-refractivity contribution in [2.75, 3.05) is 12.3 Å². The molecule has 1 aromatic heterocycles. The molecule has 0 aliphatic carbocycles. The third-order valence-electron chi connectivity index (χ3n) is 3.09. The molecule has 21 heavy (non-hydrogen) atoms. The molecule has 0 spiro atoms. The van der Waals surface area contributed by atoms with Gasteiger partial charge in [0, 0.05) is 23.7 Å². The molecule has 2 rings (SSSR count). The number of hydrogen-bond acceptors (Lipinski definition) is 4. The van der Waals surface area contributed by atoms with Crippen LogP contribution in [-0.4, -0.2) is 19.3 Å². The lowest BCUT2D eigenvalue weighted by Crippen LogP contribution is -2.30. The van der Waals surface area contributed by atoms with E-state index in [0.717, 1.165) is 16.9 Å².